The molecule has 0 aliphatic carbocycles. The molecule has 0 aliphatic rings. The van der Waals surface area contributed by atoms with E-state index in [2.05, 4.69) is 5.32 Å². The van der Waals surface area contributed by atoms with Crippen LogP contribution in [0.1, 0.15) is 53.9 Å². The summed E-state index contributed by atoms with van der Waals surface area (Å²) >= 11 is 5.84. The van der Waals surface area contributed by atoms with Crippen molar-refractivity contribution in [2.45, 2.75) is 51.9 Å². The van der Waals surface area contributed by atoms with E-state index in [-0.39, 0.29) is 30.6 Å². The molecule has 5 nitrogen and oxygen atoms in total. The number of carboxylic acids is 1. The molecule has 3 aromatic carbocycles. The van der Waals surface area contributed by atoms with Gasteiger partial charge in [-0.1, -0.05) is 54.1 Å². The molecule has 192 valence electrons. The molecule has 0 bridgehead atoms. The molecule has 0 amide bonds. The van der Waals surface area contributed by atoms with Crippen LogP contribution in [0.2, 0.25) is 5.02 Å². The zero-order valence-corrected chi connectivity index (χ0v) is 21.8. The Bertz CT molecular complexity index is 1210. The lowest BCUT2D eigenvalue weighted by molar-refractivity contribution is -0.00398. The fourth-order valence-electron chi connectivity index (χ4n) is 4.19. The second-order valence-electron chi connectivity index (χ2n) is 9.73. The van der Waals surface area contributed by atoms with E-state index >= 15 is 0 Å². The monoisotopic (exact) mass is 513 g/mol. The molecule has 3 aromatic rings. The number of β-amino-alcohol motifs (C(OH)–C–C–N with tert-alkyl or cyclic N) is 1. The van der Waals surface area contributed by atoms with Crippen molar-refractivity contribution in [2.24, 2.45) is 0 Å². The van der Waals surface area contributed by atoms with Crippen LogP contribution < -0.4 is 5.32 Å². The maximum absolute atomic E-state index is 14.2. The van der Waals surface area contributed by atoms with Gasteiger partial charge in [0.05, 0.1) is 24.4 Å². The lowest BCUT2D eigenvalue weighted by atomic mass is 9.94. The predicted octanol–water partition coefficient (Wildman–Crippen LogP) is 6.20. The first-order valence-corrected chi connectivity index (χ1v) is 12.3. The van der Waals surface area contributed by atoms with Gasteiger partial charge in [0.2, 0.25) is 0 Å². The largest absolute Gasteiger partial charge is 0.478 e. The topological polar surface area (TPSA) is 78.8 Å². The number of rotatable bonds is 11. The third kappa shape index (κ3) is 7.37. The molecule has 0 spiro atoms. The third-order valence-corrected chi connectivity index (χ3v) is 6.40. The first kappa shape index (κ1) is 27.8. The van der Waals surface area contributed by atoms with Crippen molar-refractivity contribution in [3.05, 3.63) is 93.8 Å². The van der Waals surface area contributed by atoms with E-state index in [0.717, 1.165) is 16.7 Å². The number of ether oxygens (including phenoxy) is 1. The Morgan fingerprint density at radius 2 is 1.86 bits per heavy atom. The number of hydrogen-bond donors (Lipinski definition) is 3. The van der Waals surface area contributed by atoms with E-state index in [1.165, 1.54) is 6.07 Å². The van der Waals surface area contributed by atoms with Crippen molar-refractivity contribution in [2.75, 3.05) is 13.2 Å². The molecule has 0 radical (unpaired) electrons. The van der Waals surface area contributed by atoms with E-state index in [1.807, 2.05) is 51.1 Å². The maximum atomic E-state index is 14.2. The molecule has 0 saturated carbocycles. The Morgan fingerprint density at radius 3 is 2.53 bits per heavy atom. The van der Waals surface area contributed by atoms with Crippen LogP contribution in [0, 0.1) is 12.7 Å². The van der Waals surface area contributed by atoms with Gasteiger partial charge in [-0.25, -0.2) is 9.18 Å². The highest BCUT2D eigenvalue weighted by atomic mass is 35.5. The molecular weight excluding hydrogens is 481 g/mol. The van der Waals surface area contributed by atoms with Crippen molar-refractivity contribution in [1.29, 1.82) is 0 Å². The molecule has 0 saturated heterocycles. The number of benzene rings is 3. The van der Waals surface area contributed by atoms with Crippen LogP contribution in [0.4, 0.5) is 4.39 Å². The SMILES string of the molecule is Cc1cc(-c2ccccc2C(C)OC[C@H](O)CNC(C)(C)Cc2ccc(Cl)cc2F)ccc1C(=O)O. The smallest absolute Gasteiger partial charge is 0.335 e. The van der Waals surface area contributed by atoms with Gasteiger partial charge in [0.1, 0.15) is 5.82 Å². The highest BCUT2D eigenvalue weighted by Gasteiger charge is 2.22. The van der Waals surface area contributed by atoms with Crippen LogP contribution in [0.25, 0.3) is 11.1 Å². The second-order valence-corrected chi connectivity index (χ2v) is 10.2. The summed E-state index contributed by atoms with van der Waals surface area (Å²) in [6, 6.07) is 17.7. The van der Waals surface area contributed by atoms with Crippen LogP contribution in [0.5, 0.6) is 0 Å². The van der Waals surface area contributed by atoms with Crippen LogP contribution in [0.3, 0.4) is 0 Å². The second kappa shape index (κ2) is 12.0. The standard InChI is InChI=1S/C29H33ClFNO4/c1-18-13-20(10-12-24(18)28(34)35)26-8-6-5-7-25(26)19(2)36-17-23(33)16-32-29(3,4)15-21-9-11-22(30)14-27(21)31/h5-14,19,23,32-33H,15-17H2,1-4H3,(H,34,35)/t19?,23-/m1/s1. The van der Waals surface area contributed by atoms with Gasteiger partial charge in [-0.05, 0) is 80.1 Å². The predicted molar refractivity (Wildman–Crippen MR) is 141 cm³/mol. The molecule has 0 heterocycles. The highest BCUT2D eigenvalue weighted by molar-refractivity contribution is 6.30. The minimum Gasteiger partial charge on any atom is -0.478 e. The number of halogens is 2. The summed E-state index contributed by atoms with van der Waals surface area (Å²) in [5, 5.41) is 23.5. The number of carboxylic acid groups (broad SMARTS) is 1. The van der Waals surface area contributed by atoms with Gasteiger partial charge in [-0.3, -0.25) is 0 Å². The van der Waals surface area contributed by atoms with Crippen molar-refractivity contribution >= 4 is 17.6 Å². The van der Waals surface area contributed by atoms with E-state index in [0.29, 0.717) is 22.6 Å². The Morgan fingerprint density at radius 1 is 1.14 bits per heavy atom. The molecule has 36 heavy (non-hydrogen) atoms. The molecule has 0 aliphatic heterocycles. The Balaban J connectivity index is 1.59. The Hall–Kier alpha value is -2.77. The Labute approximate surface area is 216 Å². The Kier molecular flexibility index (Phi) is 9.25. The summed E-state index contributed by atoms with van der Waals surface area (Å²) in [6.45, 7) is 8.00. The van der Waals surface area contributed by atoms with E-state index < -0.39 is 17.6 Å². The van der Waals surface area contributed by atoms with Gasteiger partial charge in [-0.15, -0.1) is 0 Å². The van der Waals surface area contributed by atoms with Crippen LogP contribution in [-0.2, 0) is 11.2 Å². The van der Waals surface area contributed by atoms with Gasteiger partial charge < -0.3 is 20.3 Å². The highest BCUT2D eigenvalue weighted by Crippen LogP contribution is 2.31. The minimum atomic E-state index is -0.951. The lowest BCUT2D eigenvalue weighted by Gasteiger charge is -2.28. The van der Waals surface area contributed by atoms with E-state index in [9.17, 15) is 19.4 Å². The van der Waals surface area contributed by atoms with Crippen molar-refractivity contribution in [3.63, 3.8) is 0 Å². The van der Waals surface area contributed by atoms with Gasteiger partial charge >= 0.3 is 5.97 Å². The fraction of sp³-hybridized carbons (Fsp3) is 0.345. The van der Waals surface area contributed by atoms with Crippen molar-refractivity contribution < 1.29 is 24.1 Å². The number of hydrogen-bond acceptors (Lipinski definition) is 4. The van der Waals surface area contributed by atoms with E-state index in [1.54, 1.807) is 31.2 Å². The van der Waals surface area contributed by atoms with Crippen LogP contribution in [0.15, 0.2) is 60.7 Å². The number of aryl methyl sites for hydroxylation is 1. The van der Waals surface area contributed by atoms with E-state index in [4.69, 9.17) is 16.3 Å². The molecule has 3 rings (SSSR count). The minimum absolute atomic E-state index is 0.116. The maximum Gasteiger partial charge on any atom is 0.335 e. The lowest BCUT2D eigenvalue weighted by Crippen LogP contribution is -2.46. The van der Waals surface area contributed by atoms with Crippen LogP contribution >= 0.6 is 11.6 Å². The fourth-order valence-corrected chi connectivity index (χ4v) is 4.35. The first-order chi connectivity index (χ1) is 17.0. The molecule has 0 fully saturated rings. The van der Waals surface area contributed by atoms with Crippen LogP contribution in [-0.4, -0.2) is 41.0 Å². The van der Waals surface area contributed by atoms with Crippen molar-refractivity contribution in [3.8, 4) is 11.1 Å². The first-order valence-electron chi connectivity index (χ1n) is 11.9. The molecule has 3 N–H and O–H groups in total. The number of carbonyl (C=O) groups is 1. The summed E-state index contributed by atoms with van der Waals surface area (Å²) in [5.74, 6) is -1.30. The molecule has 7 heteroatoms. The summed E-state index contributed by atoms with van der Waals surface area (Å²) < 4.78 is 20.2. The van der Waals surface area contributed by atoms with Gasteiger partial charge in [0.25, 0.3) is 0 Å². The molecule has 1 unspecified atom stereocenters. The summed E-state index contributed by atoms with van der Waals surface area (Å²) in [5.41, 5.74) is 3.86. The average molecular weight is 514 g/mol. The van der Waals surface area contributed by atoms with Gasteiger partial charge in [0, 0.05) is 17.1 Å². The quantitative estimate of drug-likeness (QED) is 0.284. The normalized spacial score (nSPS) is 13.4. The molecular formula is C29H33ClFNO4. The van der Waals surface area contributed by atoms with Crippen molar-refractivity contribution in [1.82, 2.24) is 5.32 Å². The summed E-state index contributed by atoms with van der Waals surface area (Å²) in [4.78, 5) is 11.4. The number of aromatic carboxylic acids is 1. The molecule has 2 atom stereocenters. The van der Waals surface area contributed by atoms with Gasteiger partial charge in [-0.2, -0.15) is 0 Å². The van der Waals surface area contributed by atoms with Gasteiger partial charge in [0.15, 0.2) is 0 Å². The summed E-state index contributed by atoms with van der Waals surface area (Å²) in [7, 11) is 0. The third-order valence-electron chi connectivity index (χ3n) is 6.17. The number of nitrogens with one attached hydrogen (secondary N) is 1. The average Bonchev–Trinajstić information content (AvgIpc) is 2.82. The number of aliphatic hydroxyl groups excluding tert-OH is 1. The zero-order valence-electron chi connectivity index (χ0n) is 21.0. The zero-order chi connectivity index (χ0) is 26.5. The molecule has 0 aromatic heterocycles. The number of aliphatic hydroxyl groups is 1. The summed E-state index contributed by atoms with van der Waals surface area (Å²) in [6.07, 6.45) is -0.620.